The van der Waals surface area contributed by atoms with E-state index in [0.717, 1.165) is 23.3 Å². The topological polar surface area (TPSA) is 120 Å². The Morgan fingerprint density at radius 3 is 2.81 bits per heavy atom. The minimum Gasteiger partial charge on any atom is -0.480 e. The Labute approximate surface area is 208 Å². The molecule has 2 aliphatic heterocycles. The number of anilines is 1. The van der Waals surface area contributed by atoms with Crippen LogP contribution in [0.5, 0.6) is 5.88 Å². The smallest absolute Gasteiger partial charge is 0.418 e. The number of nitrogens with one attached hydrogen (secondary N) is 1. The van der Waals surface area contributed by atoms with Gasteiger partial charge in [0.1, 0.15) is 23.6 Å². The number of hydrogen-bond donors (Lipinski definition) is 2. The lowest BCUT2D eigenvalue weighted by Crippen LogP contribution is -2.41. The summed E-state index contributed by atoms with van der Waals surface area (Å²) in [6, 6.07) is 1.43. The molecule has 0 radical (unpaired) electrons. The SMILES string of the molecule is COc1ncc(-c2cc(C(F)(F)F)c3c(N)ncnn23)cc1C(=O)NC1CN(CC2CCOC2)CC1F. The van der Waals surface area contributed by atoms with Gasteiger partial charge in [-0.25, -0.2) is 18.9 Å². The molecule has 3 aromatic heterocycles. The van der Waals surface area contributed by atoms with Crippen LogP contribution in [-0.4, -0.2) is 82.6 Å². The van der Waals surface area contributed by atoms with Crippen molar-refractivity contribution < 1.29 is 31.8 Å². The molecule has 37 heavy (non-hydrogen) atoms. The lowest BCUT2D eigenvalue weighted by Gasteiger charge is -2.19. The number of methoxy groups -OCH3 is 1. The number of alkyl halides is 4. The van der Waals surface area contributed by atoms with Crippen molar-refractivity contribution in [2.24, 2.45) is 5.92 Å². The number of fused-ring (bicyclic) bond motifs is 1. The van der Waals surface area contributed by atoms with Crippen LogP contribution in [0.1, 0.15) is 22.3 Å². The summed E-state index contributed by atoms with van der Waals surface area (Å²) in [5.41, 5.74) is 4.37. The molecule has 14 heteroatoms. The van der Waals surface area contributed by atoms with Gasteiger partial charge in [-0.3, -0.25) is 9.69 Å². The number of halogens is 4. The van der Waals surface area contributed by atoms with Gasteiger partial charge in [0, 0.05) is 38.0 Å². The highest BCUT2D eigenvalue weighted by Crippen LogP contribution is 2.39. The van der Waals surface area contributed by atoms with Gasteiger partial charge >= 0.3 is 6.18 Å². The summed E-state index contributed by atoms with van der Waals surface area (Å²) in [5.74, 6) is -0.729. The molecule has 5 heterocycles. The van der Waals surface area contributed by atoms with Crippen molar-refractivity contribution in [3.8, 4) is 17.1 Å². The maximum Gasteiger partial charge on any atom is 0.418 e. The van der Waals surface area contributed by atoms with Crippen LogP contribution in [0, 0.1) is 5.92 Å². The predicted octanol–water partition coefficient (Wildman–Crippen LogP) is 2.19. The molecule has 0 bridgehead atoms. The van der Waals surface area contributed by atoms with Crippen LogP contribution in [0.3, 0.4) is 0 Å². The fourth-order valence-electron chi connectivity index (χ4n) is 4.87. The normalized spacial score (nSPS) is 22.6. The van der Waals surface area contributed by atoms with E-state index >= 15 is 0 Å². The molecule has 10 nitrogen and oxygen atoms in total. The molecule has 3 N–H and O–H groups in total. The molecule has 2 saturated heterocycles. The Morgan fingerprint density at radius 1 is 1.30 bits per heavy atom. The Kier molecular flexibility index (Phi) is 6.62. The zero-order valence-electron chi connectivity index (χ0n) is 19.8. The van der Waals surface area contributed by atoms with Gasteiger partial charge in [0.2, 0.25) is 5.88 Å². The van der Waals surface area contributed by atoms with E-state index in [0.29, 0.717) is 32.2 Å². The molecule has 0 aromatic carbocycles. The van der Waals surface area contributed by atoms with Crippen LogP contribution in [0.2, 0.25) is 0 Å². The Hall–Kier alpha value is -3.52. The van der Waals surface area contributed by atoms with Gasteiger partial charge in [-0.05, 0) is 24.5 Å². The van der Waals surface area contributed by atoms with Gasteiger partial charge in [0.15, 0.2) is 5.82 Å². The first kappa shape index (κ1) is 25.1. The molecule has 3 unspecified atom stereocenters. The van der Waals surface area contributed by atoms with Crippen molar-refractivity contribution in [1.29, 1.82) is 0 Å². The lowest BCUT2D eigenvalue weighted by atomic mass is 10.1. The molecule has 1 amide bonds. The predicted molar refractivity (Wildman–Crippen MR) is 124 cm³/mol. The molecule has 5 rings (SSSR count). The molecule has 0 aliphatic carbocycles. The highest BCUT2D eigenvalue weighted by molar-refractivity contribution is 5.98. The van der Waals surface area contributed by atoms with E-state index in [9.17, 15) is 22.4 Å². The summed E-state index contributed by atoms with van der Waals surface area (Å²) in [6.45, 7) is 2.53. The zero-order valence-corrected chi connectivity index (χ0v) is 19.8. The first-order chi connectivity index (χ1) is 17.7. The number of carbonyl (C=O) groups excluding carboxylic acids is 1. The summed E-state index contributed by atoms with van der Waals surface area (Å²) in [5, 5.41) is 6.60. The fraction of sp³-hybridized carbons (Fsp3) is 0.478. The van der Waals surface area contributed by atoms with E-state index < -0.39 is 35.4 Å². The van der Waals surface area contributed by atoms with Crippen molar-refractivity contribution >= 4 is 17.2 Å². The van der Waals surface area contributed by atoms with Gasteiger partial charge < -0.3 is 20.5 Å². The van der Waals surface area contributed by atoms with Gasteiger partial charge in [-0.15, -0.1) is 0 Å². The third-order valence-corrected chi connectivity index (χ3v) is 6.65. The quantitative estimate of drug-likeness (QED) is 0.472. The number of nitrogens with two attached hydrogens (primary N) is 1. The van der Waals surface area contributed by atoms with Crippen molar-refractivity contribution in [3.05, 3.63) is 35.8 Å². The van der Waals surface area contributed by atoms with Gasteiger partial charge in [-0.2, -0.15) is 18.3 Å². The minimum atomic E-state index is -4.72. The fourth-order valence-corrected chi connectivity index (χ4v) is 4.87. The van der Waals surface area contributed by atoms with Crippen LogP contribution >= 0.6 is 0 Å². The van der Waals surface area contributed by atoms with Crippen molar-refractivity contribution in [2.45, 2.75) is 24.8 Å². The second-order valence-electron chi connectivity index (χ2n) is 9.17. The molecule has 2 aliphatic rings. The van der Waals surface area contributed by atoms with E-state index in [4.69, 9.17) is 15.2 Å². The standard InChI is InChI=1S/C23H25F4N7O3/c1-36-22-14(21(35)32-17-9-33(8-16(17)24)7-12-2-3-37-10-12)4-13(6-29-22)18-5-15(23(25,26)27)19-20(28)30-11-31-34(18)19/h4-6,11-12,16-17H,2-3,7-10H2,1H3,(H,32,35)(H2,28,30,31). The minimum absolute atomic E-state index is 0.00480. The van der Waals surface area contributed by atoms with Crippen molar-refractivity contribution in [1.82, 2.24) is 29.8 Å². The molecule has 3 aromatic rings. The second kappa shape index (κ2) is 9.74. The number of nitrogens with zero attached hydrogens (tertiary/aromatic N) is 5. The molecule has 2 fully saturated rings. The van der Waals surface area contributed by atoms with E-state index in [1.54, 1.807) is 0 Å². The number of rotatable bonds is 6. The molecule has 3 atom stereocenters. The maximum atomic E-state index is 14.8. The molecule has 0 spiro atoms. The van der Waals surface area contributed by atoms with Crippen molar-refractivity contribution in [2.75, 3.05) is 45.7 Å². The van der Waals surface area contributed by atoms with E-state index in [1.807, 2.05) is 4.90 Å². The summed E-state index contributed by atoms with van der Waals surface area (Å²) in [4.78, 5) is 22.9. The first-order valence-corrected chi connectivity index (χ1v) is 11.6. The Bertz CT molecular complexity index is 1310. The van der Waals surface area contributed by atoms with Crippen LogP contribution in [0.15, 0.2) is 24.7 Å². The van der Waals surface area contributed by atoms with Crippen LogP contribution in [0.25, 0.3) is 16.8 Å². The van der Waals surface area contributed by atoms with E-state index in [1.165, 1.54) is 19.4 Å². The van der Waals surface area contributed by atoms with Gasteiger partial charge in [-0.1, -0.05) is 0 Å². The largest absolute Gasteiger partial charge is 0.480 e. The highest BCUT2D eigenvalue weighted by atomic mass is 19.4. The number of pyridine rings is 1. The molecule has 0 saturated carbocycles. The number of nitrogen functional groups attached to an aromatic ring is 1. The summed E-state index contributed by atoms with van der Waals surface area (Å²) >= 11 is 0. The van der Waals surface area contributed by atoms with Crippen LogP contribution < -0.4 is 15.8 Å². The first-order valence-electron chi connectivity index (χ1n) is 11.6. The maximum absolute atomic E-state index is 14.8. The van der Waals surface area contributed by atoms with E-state index in [-0.39, 0.29) is 35.1 Å². The number of aromatic nitrogens is 4. The van der Waals surface area contributed by atoms with E-state index in [2.05, 4.69) is 20.4 Å². The highest BCUT2D eigenvalue weighted by Gasteiger charge is 2.38. The number of amides is 1. The number of hydrogen-bond acceptors (Lipinski definition) is 8. The average molecular weight is 523 g/mol. The van der Waals surface area contributed by atoms with Gasteiger partial charge in [0.05, 0.1) is 31.0 Å². The number of carbonyl (C=O) groups is 1. The van der Waals surface area contributed by atoms with Crippen molar-refractivity contribution in [3.63, 3.8) is 0 Å². The molecular formula is C23H25F4N7O3. The number of ether oxygens (including phenoxy) is 2. The summed E-state index contributed by atoms with van der Waals surface area (Å²) in [7, 11) is 1.31. The Balaban J connectivity index is 1.43. The summed E-state index contributed by atoms with van der Waals surface area (Å²) < 4.78 is 67.5. The van der Waals surface area contributed by atoms with Crippen LogP contribution in [0.4, 0.5) is 23.4 Å². The summed E-state index contributed by atoms with van der Waals surface area (Å²) in [6.07, 6.45) is -2.80. The second-order valence-corrected chi connectivity index (χ2v) is 9.17. The zero-order chi connectivity index (χ0) is 26.3. The monoisotopic (exact) mass is 523 g/mol. The lowest BCUT2D eigenvalue weighted by molar-refractivity contribution is -0.136. The van der Waals surface area contributed by atoms with Crippen LogP contribution in [-0.2, 0) is 10.9 Å². The molecule has 198 valence electrons. The average Bonchev–Trinajstić information content (AvgIpc) is 3.58. The Morgan fingerprint density at radius 2 is 2.11 bits per heavy atom. The van der Waals surface area contributed by atoms with Gasteiger partial charge in [0.25, 0.3) is 5.91 Å². The third-order valence-electron chi connectivity index (χ3n) is 6.65. The third kappa shape index (κ3) is 4.90. The molecular weight excluding hydrogens is 498 g/mol. The number of likely N-dealkylation sites (tertiary alicyclic amines) is 1.